The van der Waals surface area contributed by atoms with Gasteiger partial charge in [0.05, 0.1) is 61.9 Å². The largest absolute Gasteiger partial charge is 0.502 e. The van der Waals surface area contributed by atoms with Crippen molar-refractivity contribution < 1.29 is 102 Å². The number of halogens is 12. The molecule has 3 aromatic carbocycles. The van der Waals surface area contributed by atoms with E-state index in [2.05, 4.69) is 35.9 Å². The zero-order valence-electron chi connectivity index (χ0n) is 70.5. The summed E-state index contributed by atoms with van der Waals surface area (Å²) in [4.78, 5) is 125. The van der Waals surface area contributed by atoms with Gasteiger partial charge in [-0.05, 0) is 133 Å². The molecule has 5 N–H and O–H groups in total. The van der Waals surface area contributed by atoms with Crippen LogP contribution in [-0.2, 0) is 33.6 Å². The normalized spacial score (nSPS) is 22.7. The first kappa shape index (κ1) is 92.6. The van der Waals surface area contributed by atoms with Crippen LogP contribution in [0.3, 0.4) is 0 Å². The molecule has 0 bridgehead atoms. The molecule has 31 nitrogen and oxygen atoms in total. The van der Waals surface area contributed by atoms with Crippen LogP contribution in [0.5, 0.6) is 17.2 Å². The van der Waals surface area contributed by atoms with Crippen LogP contribution in [0, 0.1) is 52.7 Å². The van der Waals surface area contributed by atoms with Crippen molar-refractivity contribution in [2.24, 2.45) is 17.8 Å². The topological polar surface area (TPSA) is 365 Å². The molecule has 3 aliphatic carbocycles. The first-order chi connectivity index (χ1) is 61.5. The van der Waals surface area contributed by atoms with Gasteiger partial charge in [-0.3, -0.25) is 72.2 Å². The minimum absolute atomic E-state index is 0.00392. The van der Waals surface area contributed by atoms with Gasteiger partial charge in [-0.2, -0.15) is 0 Å². The predicted octanol–water partition coefficient (Wildman–Crippen LogP) is 9.88. The van der Waals surface area contributed by atoms with Crippen molar-refractivity contribution in [3.63, 3.8) is 0 Å². The quantitative estimate of drug-likeness (QED) is 0.0596. The van der Waals surface area contributed by atoms with Crippen molar-refractivity contribution in [2.75, 3.05) is 95.1 Å². The number of rotatable bonds is 15. The lowest BCUT2D eigenvalue weighted by atomic mass is 9.78. The number of fused-ring (bicyclic) bond motifs is 3. The third kappa shape index (κ3) is 17.0. The Balaban J connectivity index is 0.000000145. The maximum Gasteiger partial charge on any atom is 0.306 e. The fourth-order valence-corrected chi connectivity index (χ4v) is 21.2. The standard InChI is InChI=1S/2C28H28F4N6O4S.C25H25F2N5O5S.C3H5F2N/c2*1-3-37-26(42)21-23(40)22(39)18(24-34-33-20(43-24)10-16-4-5-17(29)11-19(16)30)12-38(21)35(2)28(37)8-6-15(7-9-28)25(41)36-13-27(31,32)14-36;1-3-31-23(35)19-21(34)20(33)16(12-32(19)30(2)25(31)8-6-13(7-9-25)24(36)37)22-29-28-18(38-22)10-14-4-5-15(26)11-17(14)27;4-3(5)1-6-2-3/h2*4-5,11-12,15,40H,3,6-10,13-14H2,1-2H3;4-5,11-13,34H,3,6-10H2,1-2H3,(H,36,37);6H,1-2H2. The molecule has 130 heavy (non-hydrogen) atoms. The summed E-state index contributed by atoms with van der Waals surface area (Å²) in [7, 11) is 5.16. The molecule has 0 radical (unpaired) electrons. The number of nitrogens with zero attached hydrogens (tertiary/aromatic N) is 17. The highest BCUT2D eigenvalue weighted by atomic mass is 32.1. The van der Waals surface area contributed by atoms with Crippen LogP contribution in [0.1, 0.15) is 161 Å². The molecule has 6 aromatic heterocycles. The molecular weight excluding hydrogens is 1790 g/mol. The molecule has 0 atom stereocenters. The van der Waals surface area contributed by atoms with Crippen molar-refractivity contribution in [1.82, 2.24) is 74.4 Å². The molecular formula is C84H86F12N18O13S3. The number of hydrogen-bond donors (Lipinski definition) is 5. The number of likely N-dealkylation sites (tertiary alicyclic amines) is 2. The van der Waals surface area contributed by atoms with Gasteiger partial charge in [0.2, 0.25) is 28.1 Å². The zero-order chi connectivity index (χ0) is 93.7. The molecule has 5 amide bonds. The average molecular weight is 1880 g/mol. The first-order valence-electron chi connectivity index (χ1n) is 41.6. The minimum atomic E-state index is -2.86. The highest BCUT2D eigenvalue weighted by Crippen LogP contribution is 2.49. The van der Waals surface area contributed by atoms with Crippen LogP contribution >= 0.6 is 34.0 Å². The van der Waals surface area contributed by atoms with Crippen molar-refractivity contribution >= 4 is 69.5 Å². The molecule has 6 fully saturated rings. The summed E-state index contributed by atoms with van der Waals surface area (Å²) in [5.41, 5.74) is -5.15. The lowest BCUT2D eigenvalue weighted by Crippen LogP contribution is -2.70. The number of carboxylic acids is 1. The van der Waals surface area contributed by atoms with Gasteiger partial charge in [0.15, 0.2) is 49.4 Å². The van der Waals surface area contributed by atoms with Crippen LogP contribution in [-0.4, -0.2) is 240 Å². The van der Waals surface area contributed by atoms with Gasteiger partial charge in [0.25, 0.3) is 35.5 Å². The van der Waals surface area contributed by atoms with E-state index in [-0.39, 0.29) is 123 Å². The lowest BCUT2D eigenvalue weighted by molar-refractivity contribution is -0.171. The number of nitrogens with one attached hydrogen (secondary N) is 1. The van der Waals surface area contributed by atoms with Crippen LogP contribution in [0.4, 0.5) is 52.7 Å². The summed E-state index contributed by atoms with van der Waals surface area (Å²) in [5, 5.41) is 75.9. The monoisotopic (exact) mass is 1880 g/mol. The summed E-state index contributed by atoms with van der Waals surface area (Å²) in [6, 6.07) is 9.60. The third-order valence-electron chi connectivity index (χ3n) is 25.7. The lowest BCUT2D eigenvalue weighted by Gasteiger charge is -2.56. The van der Waals surface area contributed by atoms with E-state index in [1.807, 2.05) is 0 Å². The number of carbonyl (C=O) groups excluding carboxylic acids is 5. The predicted molar refractivity (Wildman–Crippen MR) is 446 cm³/mol. The zero-order valence-corrected chi connectivity index (χ0v) is 72.9. The van der Waals surface area contributed by atoms with E-state index in [0.29, 0.717) is 98.6 Å². The number of aromatic nitrogens is 9. The Morgan fingerprint density at radius 1 is 0.415 bits per heavy atom. The van der Waals surface area contributed by atoms with Gasteiger partial charge in [0, 0.05) is 109 Å². The number of carbonyl (C=O) groups is 6. The Bertz CT molecular complexity index is 5920. The summed E-state index contributed by atoms with van der Waals surface area (Å²) >= 11 is 3.02. The van der Waals surface area contributed by atoms with E-state index in [4.69, 9.17) is 0 Å². The van der Waals surface area contributed by atoms with E-state index >= 15 is 0 Å². The van der Waals surface area contributed by atoms with E-state index in [1.54, 1.807) is 71.6 Å². The highest BCUT2D eigenvalue weighted by molar-refractivity contribution is 7.15. The number of alkyl halides is 6. The summed E-state index contributed by atoms with van der Waals surface area (Å²) in [5.74, 6) is -19.2. The Kier molecular flexibility index (Phi) is 25.2. The van der Waals surface area contributed by atoms with Crippen molar-refractivity contribution in [2.45, 2.75) is 152 Å². The van der Waals surface area contributed by atoms with Gasteiger partial charge in [-0.25, -0.2) is 52.7 Å². The molecule has 3 saturated heterocycles. The Morgan fingerprint density at radius 2 is 0.677 bits per heavy atom. The smallest absolute Gasteiger partial charge is 0.306 e. The van der Waals surface area contributed by atoms with Crippen molar-refractivity contribution in [1.29, 1.82) is 0 Å². The molecule has 692 valence electrons. The van der Waals surface area contributed by atoms with Crippen LogP contribution < -0.4 is 36.6 Å². The fourth-order valence-electron chi connectivity index (χ4n) is 18.6. The number of hydrogen-bond acceptors (Lipinski definition) is 25. The van der Waals surface area contributed by atoms with Crippen molar-refractivity contribution in [3.05, 3.63) is 188 Å². The molecule has 18 rings (SSSR count). The number of benzene rings is 3. The van der Waals surface area contributed by atoms with Crippen LogP contribution in [0.2, 0.25) is 0 Å². The van der Waals surface area contributed by atoms with Crippen LogP contribution in [0.25, 0.3) is 31.7 Å². The maximum atomic E-state index is 14.2. The molecule has 3 saturated carbocycles. The Labute approximate surface area is 743 Å². The summed E-state index contributed by atoms with van der Waals surface area (Å²) < 4.78 is 163. The van der Waals surface area contributed by atoms with Gasteiger partial charge >= 0.3 is 5.97 Å². The second-order valence-corrected chi connectivity index (χ2v) is 36.6. The Morgan fingerprint density at radius 3 is 0.900 bits per heavy atom. The third-order valence-corrected chi connectivity index (χ3v) is 28.6. The molecule has 0 unspecified atom stereocenters. The molecule has 9 aromatic rings. The van der Waals surface area contributed by atoms with Crippen LogP contribution in [0.15, 0.2) is 87.6 Å². The fraction of sp³-hybridized carbons (Fsp3) is 0.464. The van der Waals surface area contributed by atoms with Crippen molar-refractivity contribution in [3.8, 4) is 49.0 Å². The number of pyridine rings is 3. The highest BCUT2D eigenvalue weighted by Gasteiger charge is 2.58. The molecule has 3 spiro atoms. The SMILES string of the molecule is CCN1C(=O)c2c(O)c(=O)c(-c3nnc(Cc4ccc(F)cc4F)s3)cn2N(C)C12CCC(C(=O)N1CC(F)(F)C1)CC2.CCN1C(=O)c2c(O)c(=O)c(-c3nnc(Cc4ccc(F)cc4F)s3)cn2N(C)C12CCC(C(=O)N1CC(F)(F)C1)CC2.CCN1C(=O)c2c(O)c(=O)c(-c3nnc(Cc4ccc(F)cc4F)s3)cn2N(C)C12CCC(C(=O)O)CC2.FC1(F)CNC1. The summed E-state index contributed by atoms with van der Waals surface area (Å²) in [6.07, 6.45) is 8.71. The number of carboxylic acid groups (broad SMARTS) is 1. The van der Waals surface area contributed by atoms with Gasteiger partial charge in [0.1, 0.15) is 66.9 Å². The van der Waals surface area contributed by atoms with Gasteiger partial charge in [-0.15, -0.1) is 30.6 Å². The summed E-state index contributed by atoms with van der Waals surface area (Å²) in [6.45, 7) is 3.58. The number of amides is 5. The minimum Gasteiger partial charge on any atom is -0.502 e. The molecule has 9 aliphatic rings. The van der Waals surface area contributed by atoms with E-state index in [1.165, 1.54) is 60.6 Å². The second-order valence-electron chi connectivity index (χ2n) is 33.4. The number of aromatic hydroxyl groups is 3. The van der Waals surface area contributed by atoms with E-state index < -0.39 is 171 Å². The first-order valence-corrected chi connectivity index (χ1v) is 44.0. The second kappa shape index (κ2) is 35.3. The van der Waals surface area contributed by atoms with Gasteiger partial charge < -0.3 is 50.2 Å². The number of aliphatic carboxylic acids is 1. The molecule has 12 heterocycles. The molecule has 6 aliphatic heterocycles. The Hall–Kier alpha value is -12.1. The van der Waals surface area contributed by atoms with E-state index in [0.717, 1.165) is 70.4 Å². The van der Waals surface area contributed by atoms with Gasteiger partial charge in [-0.1, -0.05) is 52.2 Å². The van der Waals surface area contributed by atoms with E-state index in [9.17, 15) is 116 Å². The maximum absolute atomic E-state index is 14.2. The average Bonchev–Trinajstić information content (AvgIpc) is 1.08. The molecule has 46 heteroatoms.